The highest BCUT2D eigenvalue weighted by Gasteiger charge is 2.26. The van der Waals surface area contributed by atoms with Gasteiger partial charge >= 0.3 is 0 Å². The van der Waals surface area contributed by atoms with Gasteiger partial charge in [-0.15, -0.1) is 0 Å². The summed E-state index contributed by atoms with van der Waals surface area (Å²) in [6.45, 7) is 13.2. The van der Waals surface area contributed by atoms with Gasteiger partial charge in [0.25, 0.3) is 0 Å². The Morgan fingerprint density at radius 1 is 1.17 bits per heavy atom. The van der Waals surface area contributed by atoms with E-state index in [1.165, 1.54) is 0 Å². The number of rotatable bonds is 4. The third kappa shape index (κ3) is 4.51. The van der Waals surface area contributed by atoms with Crippen molar-refractivity contribution in [3.8, 4) is 0 Å². The fraction of sp³-hybridized carbons (Fsp3) is 0.714. The first-order valence-electron chi connectivity index (χ1n) is 6.42. The van der Waals surface area contributed by atoms with Crippen LogP contribution in [0.25, 0.3) is 0 Å². The maximum atomic E-state index is 4.47. The number of aromatic nitrogens is 2. The second kappa shape index (κ2) is 5.12. The molecule has 4 heteroatoms. The van der Waals surface area contributed by atoms with Gasteiger partial charge in [0.15, 0.2) is 0 Å². The summed E-state index contributed by atoms with van der Waals surface area (Å²) in [5.41, 5.74) is 1.35. The van der Waals surface area contributed by atoms with Crippen LogP contribution in [0.5, 0.6) is 0 Å². The molecule has 0 atom stereocenters. The summed E-state index contributed by atoms with van der Waals surface area (Å²) in [6, 6.07) is 0. The first-order valence-corrected chi connectivity index (χ1v) is 6.42. The Morgan fingerprint density at radius 3 is 2.28 bits per heavy atom. The maximum absolute atomic E-state index is 4.47. The van der Waals surface area contributed by atoms with Crippen molar-refractivity contribution in [2.75, 3.05) is 17.7 Å². The fourth-order valence-electron chi connectivity index (χ4n) is 2.38. The van der Waals surface area contributed by atoms with Crippen LogP contribution < -0.4 is 10.6 Å². The lowest BCUT2D eigenvalue weighted by atomic mass is 9.82. The van der Waals surface area contributed by atoms with Gasteiger partial charge < -0.3 is 10.6 Å². The molecule has 0 unspecified atom stereocenters. The third-order valence-electron chi connectivity index (χ3n) is 2.62. The van der Waals surface area contributed by atoms with Gasteiger partial charge in [-0.25, -0.2) is 4.98 Å². The van der Waals surface area contributed by atoms with E-state index >= 15 is 0 Å². The summed E-state index contributed by atoms with van der Waals surface area (Å²) in [6.07, 6.45) is 2.91. The first-order chi connectivity index (χ1) is 8.13. The highest BCUT2D eigenvalue weighted by molar-refractivity contribution is 5.47. The van der Waals surface area contributed by atoms with Crippen molar-refractivity contribution in [3.63, 3.8) is 0 Å². The lowest BCUT2D eigenvalue weighted by Gasteiger charge is -2.34. The summed E-state index contributed by atoms with van der Waals surface area (Å²) in [7, 11) is 1.83. The van der Waals surface area contributed by atoms with Gasteiger partial charge in [0.2, 0.25) is 5.95 Å². The SMILES string of the molecule is CNc1ncc(C)c(NC(C)(C)CC(C)(C)C)n1. The zero-order valence-electron chi connectivity index (χ0n) is 12.7. The normalized spacial score (nSPS) is 12.4. The van der Waals surface area contributed by atoms with Crippen LogP contribution in [0.3, 0.4) is 0 Å². The molecule has 0 aliphatic rings. The Balaban J connectivity index is 2.89. The zero-order valence-corrected chi connectivity index (χ0v) is 12.7. The van der Waals surface area contributed by atoms with Gasteiger partial charge in [0, 0.05) is 24.3 Å². The van der Waals surface area contributed by atoms with Crippen LogP contribution in [-0.2, 0) is 0 Å². The third-order valence-corrected chi connectivity index (χ3v) is 2.62. The number of hydrogen-bond donors (Lipinski definition) is 2. The van der Waals surface area contributed by atoms with Gasteiger partial charge in [-0.1, -0.05) is 20.8 Å². The van der Waals surface area contributed by atoms with Gasteiger partial charge in [0.05, 0.1) is 0 Å². The van der Waals surface area contributed by atoms with Crippen molar-refractivity contribution in [1.29, 1.82) is 0 Å². The summed E-state index contributed by atoms with van der Waals surface area (Å²) in [5, 5.41) is 6.49. The Hall–Kier alpha value is -1.32. The summed E-state index contributed by atoms with van der Waals surface area (Å²) < 4.78 is 0. The smallest absolute Gasteiger partial charge is 0.224 e. The molecule has 102 valence electrons. The topological polar surface area (TPSA) is 49.8 Å². The molecule has 0 spiro atoms. The largest absolute Gasteiger partial charge is 0.365 e. The Bertz CT molecular complexity index is 405. The van der Waals surface area contributed by atoms with Gasteiger partial charge in [-0.2, -0.15) is 4.98 Å². The summed E-state index contributed by atoms with van der Waals surface area (Å²) in [5.74, 6) is 1.55. The van der Waals surface area contributed by atoms with E-state index in [0.717, 1.165) is 17.8 Å². The fourth-order valence-corrected chi connectivity index (χ4v) is 2.38. The molecule has 0 saturated carbocycles. The molecule has 0 aromatic carbocycles. The molecule has 2 N–H and O–H groups in total. The first kappa shape index (κ1) is 14.7. The highest BCUT2D eigenvalue weighted by atomic mass is 15.1. The summed E-state index contributed by atoms with van der Waals surface area (Å²) in [4.78, 5) is 8.67. The molecule has 0 saturated heterocycles. The number of aryl methyl sites for hydroxylation is 1. The Morgan fingerprint density at radius 2 is 1.78 bits per heavy atom. The van der Waals surface area contributed by atoms with Gasteiger partial charge in [0.1, 0.15) is 5.82 Å². The molecule has 18 heavy (non-hydrogen) atoms. The lowest BCUT2D eigenvalue weighted by molar-refractivity contribution is 0.302. The van der Waals surface area contributed by atoms with Crippen LogP contribution in [0.2, 0.25) is 0 Å². The van der Waals surface area contributed by atoms with Crippen molar-refractivity contribution < 1.29 is 0 Å². The van der Waals surface area contributed by atoms with E-state index in [1.807, 2.05) is 20.2 Å². The molecule has 0 amide bonds. The summed E-state index contributed by atoms with van der Waals surface area (Å²) >= 11 is 0. The average molecular weight is 250 g/mol. The van der Waals surface area contributed by atoms with E-state index in [4.69, 9.17) is 0 Å². The van der Waals surface area contributed by atoms with E-state index in [1.54, 1.807) is 0 Å². The van der Waals surface area contributed by atoms with Crippen LogP contribution in [0.4, 0.5) is 11.8 Å². The second-order valence-electron chi connectivity index (χ2n) is 6.72. The van der Waals surface area contributed by atoms with Crippen LogP contribution in [-0.4, -0.2) is 22.6 Å². The molecule has 4 nitrogen and oxygen atoms in total. The number of hydrogen-bond acceptors (Lipinski definition) is 4. The van der Waals surface area contributed by atoms with E-state index in [0.29, 0.717) is 5.95 Å². The monoisotopic (exact) mass is 250 g/mol. The number of anilines is 2. The molecule has 1 aromatic heterocycles. The molecule has 1 aromatic rings. The standard InChI is InChI=1S/C14H26N4/c1-10-8-16-12(15-7)17-11(10)18-14(5,6)9-13(2,3)4/h8H,9H2,1-7H3,(H2,15,16,17,18). The van der Waals surface area contributed by atoms with E-state index in [9.17, 15) is 0 Å². The lowest BCUT2D eigenvalue weighted by Crippen LogP contribution is -2.36. The van der Waals surface area contributed by atoms with Gasteiger partial charge in [-0.05, 0) is 32.6 Å². The predicted molar refractivity (Wildman–Crippen MR) is 78.1 cm³/mol. The second-order valence-corrected chi connectivity index (χ2v) is 6.72. The van der Waals surface area contributed by atoms with E-state index in [2.05, 4.69) is 55.2 Å². The molecule has 1 rings (SSSR count). The van der Waals surface area contributed by atoms with Crippen LogP contribution in [0.1, 0.15) is 46.6 Å². The number of nitrogens with zero attached hydrogens (tertiary/aromatic N) is 2. The molecule has 0 radical (unpaired) electrons. The minimum atomic E-state index is 0.00236. The van der Waals surface area contributed by atoms with E-state index < -0.39 is 0 Å². The quantitative estimate of drug-likeness (QED) is 0.859. The minimum Gasteiger partial charge on any atom is -0.365 e. The highest BCUT2D eigenvalue weighted by Crippen LogP contribution is 2.30. The Kier molecular flexibility index (Phi) is 4.20. The average Bonchev–Trinajstić information content (AvgIpc) is 2.17. The van der Waals surface area contributed by atoms with Crippen molar-refractivity contribution >= 4 is 11.8 Å². The molecule has 0 aliphatic carbocycles. The van der Waals surface area contributed by atoms with Crippen LogP contribution in [0.15, 0.2) is 6.20 Å². The molecule has 0 fully saturated rings. The maximum Gasteiger partial charge on any atom is 0.224 e. The zero-order chi connectivity index (χ0) is 14.0. The predicted octanol–water partition coefficient (Wildman–Crippen LogP) is 3.45. The van der Waals surface area contributed by atoms with Gasteiger partial charge in [-0.3, -0.25) is 0 Å². The molecule has 1 heterocycles. The van der Waals surface area contributed by atoms with E-state index in [-0.39, 0.29) is 11.0 Å². The van der Waals surface area contributed by atoms with Crippen LogP contribution in [0, 0.1) is 12.3 Å². The van der Waals surface area contributed by atoms with Crippen LogP contribution >= 0.6 is 0 Å². The molecule has 0 aliphatic heterocycles. The number of nitrogens with one attached hydrogen (secondary N) is 2. The molecular weight excluding hydrogens is 224 g/mol. The molecule has 0 bridgehead atoms. The van der Waals surface area contributed by atoms with Crippen molar-refractivity contribution in [3.05, 3.63) is 11.8 Å². The Labute approximate surface area is 111 Å². The van der Waals surface area contributed by atoms with Crippen molar-refractivity contribution in [1.82, 2.24) is 9.97 Å². The minimum absolute atomic E-state index is 0.00236. The van der Waals surface area contributed by atoms with Crippen molar-refractivity contribution in [2.45, 2.75) is 53.5 Å². The van der Waals surface area contributed by atoms with Crippen molar-refractivity contribution in [2.24, 2.45) is 5.41 Å². The molecular formula is C14H26N4.